The van der Waals surface area contributed by atoms with Crippen molar-refractivity contribution in [3.63, 3.8) is 0 Å². The first-order chi connectivity index (χ1) is 15.0. The molecule has 0 saturated carbocycles. The third-order valence-corrected chi connectivity index (χ3v) is 6.32. The van der Waals surface area contributed by atoms with Gasteiger partial charge >= 0.3 is 0 Å². The normalized spacial score (nSPS) is 15.7. The Labute approximate surface area is 183 Å². The Morgan fingerprint density at radius 3 is 2.61 bits per heavy atom. The van der Waals surface area contributed by atoms with Crippen molar-refractivity contribution in [2.75, 3.05) is 18.0 Å². The van der Waals surface area contributed by atoms with E-state index in [9.17, 15) is 4.79 Å². The number of aromatic nitrogens is 3. The van der Waals surface area contributed by atoms with Gasteiger partial charge in [-0.25, -0.2) is 0 Å². The number of anilines is 1. The Bertz CT molecular complexity index is 1150. The molecule has 2 aliphatic heterocycles. The summed E-state index contributed by atoms with van der Waals surface area (Å²) in [6, 6.07) is 10.3. The Hall–Kier alpha value is -3.28. The van der Waals surface area contributed by atoms with Crippen molar-refractivity contribution in [2.24, 2.45) is 5.92 Å². The molecule has 0 aromatic carbocycles. The predicted octanol–water partition coefficient (Wildman–Crippen LogP) is 3.83. The van der Waals surface area contributed by atoms with Gasteiger partial charge < -0.3 is 9.80 Å². The van der Waals surface area contributed by atoms with Crippen molar-refractivity contribution in [2.45, 2.75) is 40.3 Å². The molecular weight excluding hydrogens is 386 g/mol. The number of aryl methyl sites for hydroxylation is 3. The summed E-state index contributed by atoms with van der Waals surface area (Å²) in [7, 11) is 0. The highest BCUT2D eigenvalue weighted by molar-refractivity contribution is 5.78. The Morgan fingerprint density at radius 2 is 1.81 bits per heavy atom. The molecule has 5 heterocycles. The summed E-state index contributed by atoms with van der Waals surface area (Å²) in [4.78, 5) is 30.6. The Morgan fingerprint density at radius 1 is 1.00 bits per heavy atom. The van der Waals surface area contributed by atoms with Gasteiger partial charge in [0.15, 0.2) is 0 Å². The highest BCUT2D eigenvalue weighted by Gasteiger charge is 2.33. The summed E-state index contributed by atoms with van der Waals surface area (Å²) in [5.74, 6) is 0.633. The molecular formula is C25H27N5O. The van der Waals surface area contributed by atoms with E-state index in [4.69, 9.17) is 0 Å². The first kappa shape index (κ1) is 19.7. The number of hydrogen-bond donors (Lipinski definition) is 0. The maximum Gasteiger partial charge on any atom is 0.223 e. The van der Waals surface area contributed by atoms with Gasteiger partial charge in [-0.05, 0) is 62.2 Å². The lowest BCUT2D eigenvalue weighted by molar-refractivity contribution is -0.133. The molecule has 1 amide bonds. The van der Waals surface area contributed by atoms with Gasteiger partial charge in [-0.3, -0.25) is 19.7 Å². The fourth-order valence-corrected chi connectivity index (χ4v) is 4.66. The number of pyridine rings is 3. The largest absolute Gasteiger partial charge is 0.371 e. The van der Waals surface area contributed by atoms with E-state index in [1.54, 1.807) is 0 Å². The summed E-state index contributed by atoms with van der Waals surface area (Å²) in [5, 5.41) is 0. The molecule has 3 aromatic heterocycles. The standard InChI is InChI=1S/C25H27N5O/c1-16-8-18(3)28-24-15-30(14-22(16)24)25(31)10-19-12-29(13-19)21-5-7-27-23(11-21)20-4-6-26-17(2)9-20/h4-9,11,19H,10,12-15H2,1-3H3. The molecule has 0 spiro atoms. The summed E-state index contributed by atoms with van der Waals surface area (Å²) in [5.41, 5.74) is 8.74. The zero-order valence-electron chi connectivity index (χ0n) is 18.3. The van der Waals surface area contributed by atoms with Crippen LogP contribution in [0.5, 0.6) is 0 Å². The summed E-state index contributed by atoms with van der Waals surface area (Å²) >= 11 is 0. The van der Waals surface area contributed by atoms with Crippen LogP contribution in [0.15, 0.2) is 42.7 Å². The van der Waals surface area contributed by atoms with Crippen LogP contribution in [-0.4, -0.2) is 38.8 Å². The van der Waals surface area contributed by atoms with Crippen LogP contribution in [0.3, 0.4) is 0 Å². The molecule has 1 fully saturated rings. The Kier molecular flexibility index (Phi) is 4.93. The number of amides is 1. The lowest BCUT2D eigenvalue weighted by Gasteiger charge is -2.41. The highest BCUT2D eigenvalue weighted by atomic mass is 16.2. The van der Waals surface area contributed by atoms with Crippen molar-refractivity contribution >= 4 is 11.6 Å². The number of rotatable bonds is 4. The van der Waals surface area contributed by atoms with Crippen molar-refractivity contribution < 1.29 is 4.79 Å². The quantitative estimate of drug-likeness (QED) is 0.650. The molecule has 0 aliphatic carbocycles. The third-order valence-electron chi connectivity index (χ3n) is 6.32. The molecule has 1 saturated heterocycles. The molecule has 6 nitrogen and oxygen atoms in total. The van der Waals surface area contributed by atoms with Crippen LogP contribution in [0.25, 0.3) is 11.3 Å². The van der Waals surface area contributed by atoms with Gasteiger partial charge in [-0.1, -0.05) is 0 Å². The van der Waals surface area contributed by atoms with E-state index in [0.29, 0.717) is 25.4 Å². The van der Waals surface area contributed by atoms with Crippen LogP contribution in [-0.2, 0) is 17.9 Å². The second-order valence-corrected chi connectivity index (χ2v) is 8.82. The second kappa shape index (κ2) is 7.76. The molecule has 0 radical (unpaired) electrons. The second-order valence-electron chi connectivity index (χ2n) is 8.82. The number of carbonyl (C=O) groups excluding carboxylic acids is 1. The van der Waals surface area contributed by atoms with Gasteiger partial charge in [0.1, 0.15) is 0 Å². The van der Waals surface area contributed by atoms with Gasteiger partial charge in [0.2, 0.25) is 5.91 Å². The molecule has 158 valence electrons. The zero-order chi connectivity index (χ0) is 21.5. The van der Waals surface area contributed by atoms with E-state index in [0.717, 1.165) is 47.1 Å². The summed E-state index contributed by atoms with van der Waals surface area (Å²) in [6.45, 7) is 9.27. The van der Waals surface area contributed by atoms with E-state index >= 15 is 0 Å². The molecule has 0 unspecified atom stereocenters. The van der Waals surface area contributed by atoms with Crippen LogP contribution in [0.2, 0.25) is 0 Å². The van der Waals surface area contributed by atoms with Crippen LogP contribution >= 0.6 is 0 Å². The topological polar surface area (TPSA) is 62.2 Å². The van der Waals surface area contributed by atoms with Gasteiger partial charge in [0.05, 0.1) is 17.9 Å². The monoisotopic (exact) mass is 413 g/mol. The summed E-state index contributed by atoms with van der Waals surface area (Å²) in [6.07, 6.45) is 4.28. The van der Waals surface area contributed by atoms with Gasteiger partial charge in [-0.2, -0.15) is 0 Å². The maximum absolute atomic E-state index is 12.9. The highest BCUT2D eigenvalue weighted by Crippen LogP contribution is 2.31. The molecule has 6 heteroatoms. The van der Waals surface area contributed by atoms with Crippen LogP contribution in [0.4, 0.5) is 5.69 Å². The van der Waals surface area contributed by atoms with E-state index in [-0.39, 0.29) is 5.91 Å². The van der Waals surface area contributed by atoms with Crippen LogP contribution < -0.4 is 4.90 Å². The minimum absolute atomic E-state index is 0.238. The maximum atomic E-state index is 12.9. The smallest absolute Gasteiger partial charge is 0.223 e. The number of hydrogen-bond acceptors (Lipinski definition) is 5. The molecule has 0 bridgehead atoms. The Balaban J connectivity index is 1.19. The van der Waals surface area contributed by atoms with Crippen molar-refractivity contribution in [1.29, 1.82) is 0 Å². The summed E-state index contributed by atoms with van der Waals surface area (Å²) < 4.78 is 0. The van der Waals surface area contributed by atoms with E-state index < -0.39 is 0 Å². The third kappa shape index (κ3) is 3.90. The lowest BCUT2D eigenvalue weighted by atomic mass is 9.94. The van der Waals surface area contributed by atoms with E-state index in [1.165, 1.54) is 11.1 Å². The fraction of sp³-hybridized carbons (Fsp3) is 0.360. The van der Waals surface area contributed by atoms with Gasteiger partial charge in [-0.15, -0.1) is 0 Å². The van der Waals surface area contributed by atoms with E-state index in [2.05, 4.69) is 45.0 Å². The minimum Gasteiger partial charge on any atom is -0.371 e. The predicted molar refractivity (Wildman–Crippen MR) is 120 cm³/mol. The molecule has 31 heavy (non-hydrogen) atoms. The lowest BCUT2D eigenvalue weighted by Crippen LogP contribution is -2.48. The molecule has 3 aromatic rings. The number of fused-ring (bicyclic) bond motifs is 1. The molecule has 0 N–H and O–H groups in total. The van der Waals surface area contributed by atoms with Crippen molar-refractivity contribution in [3.05, 3.63) is 70.9 Å². The van der Waals surface area contributed by atoms with Gasteiger partial charge in [0, 0.05) is 67.0 Å². The van der Waals surface area contributed by atoms with Crippen molar-refractivity contribution in [3.8, 4) is 11.3 Å². The fourth-order valence-electron chi connectivity index (χ4n) is 4.66. The molecule has 0 atom stereocenters. The first-order valence-corrected chi connectivity index (χ1v) is 10.8. The number of carbonyl (C=O) groups is 1. The average Bonchev–Trinajstić information content (AvgIpc) is 3.15. The SMILES string of the molecule is Cc1cc(-c2cc(N3CC(CC(=O)N4Cc5nc(C)cc(C)c5C4)C3)ccn2)ccn1. The zero-order valence-corrected chi connectivity index (χ0v) is 18.3. The average molecular weight is 414 g/mol. The minimum atomic E-state index is 0.238. The first-order valence-electron chi connectivity index (χ1n) is 10.8. The van der Waals surface area contributed by atoms with Crippen LogP contribution in [0, 0.1) is 26.7 Å². The van der Waals surface area contributed by atoms with Gasteiger partial charge in [0.25, 0.3) is 0 Å². The van der Waals surface area contributed by atoms with E-state index in [1.807, 2.05) is 43.3 Å². The molecule has 2 aliphatic rings. The number of nitrogens with zero attached hydrogens (tertiary/aromatic N) is 5. The van der Waals surface area contributed by atoms with Crippen molar-refractivity contribution in [1.82, 2.24) is 19.9 Å². The molecule has 5 rings (SSSR count). The van der Waals surface area contributed by atoms with Crippen LogP contribution in [0.1, 0.15) is 34.6 Å².